The van der Waals surface area contributed by atoms with E-state index in [9.17, 15) is 10.1 Å². The summed E-state index contributed by atoms with van der Waals surface area (Å²) in [5.41, 5.74) is 0.475. The van der Waals surface area contributed by atoms with E-state index in [2.05, 4.69) is 17.0 Å². The molecule has 0 fully saturated rings. The monoisotopic (exact) mass is 282 g/mol. The van der Waals surface area contributed by atoms with Gasteiger partial charge in [0.05, 0.1) is 18.1 Å². The molecule has 7 nitrogen and oxygen atoms in total. The summed E-state index contributed by atoms with van der Waals surface area (Å²) < 4.78 is 7.02. The van der Waals surface area contributed by atoms with Crippen LogP contribution in [0.15, 0.2) is 12.7 Å². The van der Waals surface area contributed by atoms with Crippen LogP contribution in [0, 0.1) is 17.0 Å². The van der Waals surface area contributed by atoms with E-state index in [0.29, 0.717) is 37.8 Å². The molecule has 1 rings (SSSR count). The maximum Gasteiger partial charge on any atom is 0.333 e. The Bertz CT molecular complexity index is 457. The lowest BCUT2D eigenvalue weighted by molar-refractivity contribution is -0.384. The molecule has 1 heterocycles. The molecule has 20 heavy (non-hydrogen) atoms. The quantitative estimate of drug-likeness (QED) is 0.308. The molecule has 0 saturated heterocycles. The minimum atomic E-state index is -0.393. The van der Waals surface area contributed by atoms with Gasteiger partial charge >= 0.3 is 5.69 Å². The van der Waals surface area contributed by atoms with Crippen LogP contribution in [0.2, 0.25) is 0 Å². The van der Waals surface area contributed by atoms with E-state index in [1.165, 1.54) is 0 Å². The maximum absolute atomic E-state index is 11.1. The molecular formula is C13H22N4O3. The van der Waals surface area contributed by atoms with Gasteiger partial charge in [-0.3, -0.25) is 10.1 Å². The highest BCUT2D eigenvalue weighted by Crippen LogP contribution is 2.28. The molecule has 0 bridgehead atoms. The number of aromatic nitrogens is 2. The number of anilines is 1. The van der Waals surface area contributed by atoms with E-state index in [0.717, 1.165) is 12.8 Å². The minimum absolute atomic E-state index is 0.0459. The Morgan fingerprint density at radius 1 is 1.55 bits per heavy atom. The van der Waals surface area contributed by atoms with Crippen molar-refractivity contribution in [3.8, 4) is 0 Å². The highest BCUT2D eigenvalue weighted by molar-refractivity contribution is 5.59. The van der Waals surface area contributed by atoms with Crippen LogP contribution in [0.5, 0.6) is 0 Å². The van der Waals surface area contributed by atoms with E-state index in [1.54, 1.807) is 17.7 Å². The Balaban J connectivity index is 2.66. The van der Waals surface area contributed by atoms with Gasteiger partial charge in [-0.05, 0) is 19.8 Å². The molecule has 7 heteroatoms. The first-order valence-electron chi connectivity index (χ1n) is 6.76. The van der Waals surface area contributed by atoms with Crippen molar-refractivity contribution in [2.45, 2.75) is 33.2 Å². The fourth-order valence-corrected chi connectivity index (χ4v) is 1.85. The largest absolute Gasteiger partial charge is 0.379 e. The summed E-state index contributed by atoms with van der Waals surface area (Å²) in [5, 5.41) is 18.4. The van der Waals surface area contributed by atoms with Crippen LogP contribution in [-0.2, 0) is 11.3 Å². The lowest BCUT2D eigenvalue weighted by atomic mass is 10.4. The third kappa shape index (κ3) is 4.34. The van der Waals surface area contributed by atoms with E-state index >= 15 is 0 Å². The summed E-state index contributed by atoms with van der Waals surface area (Å²) in [7, 11) is 0. The maximum atomic E-state index is 11.1. The molecule has 0 aromatic carbocycles. The third-order valence-corrected chi connectivity index (χ3v) is 2.72. The van der Waals surface area contributed by atoms with E-state index < -0.39 is 4.92 Å². The number of nitrogens with one attached hydrogen (secondary N) is 1. The molecule has 0 spiro atoms. The summed E-state index contributed by atoms with van der Waals surface area (Å²) in [6.45, 7) is 9.52. The van der Waals surface area contributed by atoms with Gasteiger partial charge in [-0.25, -0.2) is 4.68 Å². The molecule has 1 aromatic rings. The van der Waals surface area contributed by atoms with Crippen molar-refractivity contribution in [1.29, 1.82) is 0 Å². The summed E-state index contributed by atoms with van der Waals surface area (Å²) >= 11 is 0. The van der Waals surface area contributed by atoms with Gasteiger partial charge in [0.2, 0.25) is 5.82 Å². The summed E-state index contributed by atoms with van der Waals surface area (Å²) in [5.74, 6) is 0.460. The highest BCUT2D eigenvalue weighted by atomic mass is 16.6. The van der Waals surface area contributed by atoms with Gasteiger partial charge in [0.25, 0.3) is 0 Å². The van der Waals surface area contributed by atoms with Gasteiger partial charge in [0.1, 0.15) is 5.69 Å². The predicted molar refractivity (Wildman–Crippen MR) is 78.0 cm³/mol. The van der Waals surface area contributed by atoms with Crippen LogP contribution in [0.4, 0.5) is 11.5 Å². The molecule has 0 aliphatic carbocycles. The first kappa shape index (κ1) is 16.2. The van der Waals surface area contributed by atoms with Gasteiger partial charge < -0.3 is 10.1 Å². The zero-order chi connectivity index (χ0) is 15.0. The zero-order valence-electron chi connectivity index (χ0n) is 12.1. The van der Waals surface area contributed by atoms with Gasteiger partial charge in [-0.1, -0.05) is 13.0 Å². The van der Waals surface area contributed by atoms with Crippen molar-refractivity contribution >= 4 is 11.5 Å². The number of hydrogen-bond donors (Lipinski definition) is 1. The topological polar surface area (TPSA) is 82.2 Å². The predicted octanol–water partition coefficient (Wildman–Crippen LogP) is 2.51. The van der Waals surface area contributed by atoms with Crippen LogP contribution in [0.3, 0.4) is 0 Å². The number of ether oxygens (including phenoxy) is 1. The average Bonchev–Trinajstić information content (AvgIpc) is 2.70. The van der Waals surface area contributed by atoms with Crippen molar-refractivity contribution < 1.29 is 9.66 Å². The Morgan fingerprint density at radius 3 is 2.90 bits per heavy atom. The summed E-state index contributed by atoms with van der Waals surface area (Å²) in [6.07, 6.45) is 3.45. The number of rotatable bonds is 10. The number of nitrogens with zero attached hydrogens (tertiary/aromatic N) is 3. The van der Waals surface area contributed by atoms with Crippen molar-refractivity contribution in [1.82, 2.24) is 9.78 Å². The molecule has 0 unspecified atom stereocenters. The molecule has 0 aliphatic heterocycles. The van der Waals surface area contributed by atoms with E-state index in [1.807, 2.05) is 6.92 Å². The van der Waals surface area contributed by atoms with E-state index in [4.69, 9.17) is 4.74 Å². The van der Waals surface area contributed by atoms with Crippen molar-refractivity contribution in [3.63, 3.8) is 0 Å². The molecule has 0 radical (unpaired) electrons. The van der Waals surface area contributed by atoms with Gasteiger partial charge in [0, 0.05) is 13.1 Å². The van der Waals surface area contributed by atoms with Crippen molar-refractivity contribution in [2.75, 3.05) is 25.1 Å². The summed E-state index contributed by atoms with van der Waals surface area (Å²) in [6, 6.07) is 0. The Kier molecular flexibility index (Phi) is 6.72. The minimum Gasteiger partial charge on any atom is -0.379 e. The molecule has 0 aliphatic rings. The van der Waals surface area contributed by atoms with Crippen LogP contribution in [-0.4, -0.2) is 34.5 Å². The Morgan fingerprint density at radius 2 is 2.30 bits per heavy atom. The van der Waals surface area contributed by atoms with Crippen LogP contribution < -0.4 is 5.32 Å². The van der Waals surface area contributed by atoms with Crippen LogP contribution in [0.25, 0.3) is 0 Å². The van der Waals surface area contributed by atoms with Crippen LogP contribution >= 0.6 is 0 Å². The zero-order valence-corrected chi connectivity index (χ0v) is 12.1. The van der Waals surface area contributed by atoms with Crippen molar-refractivity contribution in [3.05, 3.63) is 28.5 Å². The van der Waals surface area contributed by atoms with Gasteiger partial charge in [-0.15, -0.1) is 6.58 Å². The first-order chi connectivity index (χ1) is 9.61. The number of hydrogen-bond acceptors (Lipinski definition) is 5. The van der Waals surface area contributed by atoms with Crippen molar-refractivity contribution in [2.24, 2.45) is 0 Å². The second kappa shape index (κ2) is 8.31. The fourth-order valence-electron chi connectivity index (χ4n) is 1.85. The van der Waals surface area contributed by atoms with Crippen LogP contribution in [0.1, 0.15) is 25.5 Å². The molecule has 1 aromatic heterocycles. The first-order valence-corrected chi connectivity index (χ1v) is 6.76. The fraction of sp³-hybridized carbons (Fsp3) is 0.615. The average molecular weight is 282 g/mol. The Labute approximate surface area is 118 Å². The van der Waals surface area contributed by atoms with Gasteiger partial charge in [-0.2, -0.15) is 5.10 Å². The molecule has 112 valence electrons. The van der Waals surface area contributed by atoms with Gasteiger partial charge in [0.15, 0.2) is 0 Å². The standard InChI is InChI=1S/C13H22N4O3/c1-4-6-9-20-10-7-14-13-12(17(18)19)11(3)15-16(13)8-5-2/h4,14H,1,5-10H2,2-3H3. The molecule has 1 N–H and O–H groups in total. The highest BCUT2D eigenvalue weighted by Gasteiger charge is 2.24. The smallest absolute Gasteiger partial charge is 0.333 e. The second-order valence-electron chi connectivity index (χ2n) is 4.38. The summed E-state index contributed by atoms with van der Waals surface area (Å²) in [4.78, 5) is 10.7. The van der Waals surface area contributed by atoms with E-state index in [-0.39, 0.29) is 5.69 Å². The molecule has 0 amide bonds. The molecule has 0 saturated carbocycles. The third-order valence-electron chi connectivity index (χ3n) is 2.72. The normalized spacial score (nSPS) is 10.5. The number of nitro groups is 1. The lowest BCUT2D eigenvalue weighted by Crippen LogP contribution is -2.14. The second-order valence-corrected chi connectivity index (χ2v) is 4.38. The molecular weight excluding hydrogens is 260 g/mol. The lowest BCUT2D eigenvalue weighted by Gasteiger charge is -2.08. The Hall–Kier alpha value is -1.89. The SMILES string of the molecule is C=CCCOCCNc1c([N+](=O)[O-])c(C)nn1CCC. The molecule has 0 atom stereocenters. The number of aryl methyl sites for hydroxylation is 2.